The second-order valence-electron chi connectivity index (χ2n) is 5.76. The molecule has 0 aliphatic heterocycles. The van der Waals surface area contributed by atoms with Crippen LogP contribution in [0.3, 0.4) is 0 Å². The molecule has 0 aliphatic carbocycles. The lowest BCUT2D eigenvalue weighted by Crippen LogP contribution is -2.27. The van der Waals surface area contributed by atoms with Crippen LogP contribution in [0.5, 0.6) is 11.5 Å². The quantitative estimate of drug-likeness (QED) is 0.680. The van der Waals surface area contributed by atoms with Crippen molar-refractivity contribution >= 4 is 29.3 Å². The summed E-state index contributed by atoms with van der Waals surface area (Å²) in [4.78, 5) is 12.1. The average molecular weight is 394 g/mol. The number of amides is 1. The van der Waals surface area contributed by atoms with Gasteiger partial charge in [0.2, 0.25) is 5.91 Å². The Kier molecular flexibility index (Phi) is 8.13. The first kappa shape index (κ1) is 20.5. The van der Waals surface area contributed by atoms with Gasteiger partial charge in [-0.2, -0.15) is 0 Å². The summed E-state index contributed by atoms with van der Waals surface area (Å²) >= 11 is 7.78. The normalized spacial score (nSPS) is 11.7. The Bertz CT molecular complexity index is 739. The maximum Gasteiger partial charge on any atom is 0.230 e. The molecule has 0 bridgehead atoms. The molecule has 1 amide bonds. The topological polar surface area (TPSA) is 47.6 Å². The Hall–Kier alpha value is -1.85. The number of hydrogen-bond donors (Lipinski definition) is 1. The summed E-state index contributed by atoms with van der Waals surface area (Å²) in [5.41, 5.74) is 2.14. The van der Waals surface area contributed by atoms with Gasteiger partial charge in [0, 0.05) is 16.8 Å². The molecule has 2 rings (SSSR count). The molecule has 1 N–H and O–H groups in total. The van der Waals surface area contributed by atoms with Crippen LogP contribution in [-0.2, 0) is 11.2 Å². The van der Waals surface area contributed by atoms with Gasteiger partial charge in [-0.05, 0) is 42.7 Å². The van der Waals surface area contributed by atoms with E-state index < -0.39 is 0 Å². The van der Waals surface area contributed by atoms with Crippen LogP contribution in [0.2, 0.25) is 5.02 Å². The minimum Gasteiger partial charge on any atom is -0.493 e. The summed E-state index contributed by atoms with van der Waals surface area (Å²) in [7, 11) is 3.22. The van der Waals surface area contributed by atoms with Crippen molar-refractivity contribution in [3.8, 4) is 11.5 Å². The molecule has 0 saturated heterocycles. The molecular formula is C20H24ClNO3S. The zero-order valence-electron chi connectivity index (χ0n) is 15.3. The van der Waals surface area contributed by atoms with Crippen LogP contribution < -0.4 is 14.8 Å². The molecule has 0 spiro atoms. The van der Waals surface area contributed by atoms with Gasteiger partial charge < -0.3 is 14.8 Å². The predicted octanol–water partition coefficient (Wildman–Crippen LogP) is 4.51. The smallest absolute Gasteiger partial charge is 0.230 e. The van der Waals surface area contributed by atoms with Crippen molar-refractivity contribution in [2.75, 3.05) is 26.5 Å². The fraction of sp³-hybridized carbons (Fsp3) is 0.350. The molecule has 0 fully saturated rings. The highest BCUT2D eigenvalue weighted by Gasteiger charge is 2.12. The van der Waals surface area contributed by atoms with E-state index in [0.29, 0.717) is 23.8 Å². The van der Waals surface area contributed by atoms with E-state index >= 15 is 0 Å². The third kappa shape index (κ3) is 5.85. The van der Waals surface area contributed by atoms with Crippen molar-refractivity contribution in [3.05, 3.63) is 58.6 Å². The van der Waals surface area contributed by atoms with E-state index in [1.165, 1.54) is 0 Å². The van der Waals surface area contributed by atoms with Gasteiger partial charge in [0.05, 0.1) is 20.0 Å². The Balaban J connectivity index is 1.76. The summed E-state index contributed by atoms with van der Waals surface area (Å²) in [6, 6.07) is 13.5. The van der Waals surface area contributed by atoms with Gasteiger partial charge in [-0.15, -0.1) is 11.8 Å². The fourth-order valence-electron chi connectivity index (χ4n) is 2.53. The molecule has 0 aromatic heterocycles. The number of rotatable bonds is 9. The zero-order valence-corrected chi connectivity index (χ0v) is 16.8. The molecule has 0 aliphatic rings. The van der Waals surface area contributed by atoms with Crippen molar-refractivity contribution in [2.45, 2.75) is 18.6 Å². The van der Waals surface area contributed by atoms with Crippen LogP contribution in [0.4, 0.5) is 0 Å². The minimum atomic E-state index is 0.0226. The number of hydrogen-bond acceptors (Lipinski definition) is 4. The highest BCUT2D eigenvalue weighted by molar-refractivity contribution is 8.00. The summed E-state index contributed by atoms with van der Waals surface area (Å²) in [6.45, 7) is 2.64. The molecule has 140 valence electrons. The van der Waals surface area contributed by atoms with Crippen molar-refractivity contribution < 1.29 is 14.3 Å². The molecule has 0 saturated carbocycles. The molecule has 26 heavy (non-hydrogen) atoms. The second-order valence-corrected chi connectivity index (χ2v) is 7.50. The molecule has 4 nitrogen and oxygen atoms in total. The number of methoxy groups -OCH3 is 2. The first-order chi connectivity index (χ1) is 12.5. The number of halogens is 1. The second kappa shape index (κ2) is 10.3. The number of thioether (sulfide) groups is 1. The molecule has 2 aromatic rings. The maximum absolute atomic E-state index is 12.1. The Morgan fingerprint density at radius 2 is 1.88 bits per heavy atom. The Labute approximate surface area is 164 Å². The third-order valence-electron chi connectivity index (χ3n) is 3.99. The lowest BCUT2D eigenvalue weighted by molar-refractivity contribution is -0.118. The third-order valence-corrected chi connectivity index (χ3v) is 5.52. The molecule has 2 aromatic carbocycles. The van der Waals surface area contributed by atoms with Crippen molar-refractivity contribution in [3.63, 3.8) is 0 Å². The van der Waals surface area contributed by atoms with E-state index in [-0.39, 0.29) is 11.2 Å². The van der Waals surface area contributed by atoms with Crippen LogP contribution in [0.25, 0.3) is 0 Å². The average Bonchev–Trinajstić information content (AvgIpc) is 2.66. The predicted molar refractivity (Wildman–Crippen MR) is 109 cm³/mol. The van der Waals surface area contributed by atoms with Gasteiger partial charge in [0.1, 0.15) is 0 Å². The minimum absolute atomic E-state index is 0.0226. The highest BCUT2D eigenvalue weighted by atomic mass is 35.5. The first-order valence-corrected chi connectivity index (χ1v) is 9.81. The summed E-state index contributed by atoms with van der Waals surface area (Å²) in [5, 5.41) is 3.86. The van der Waals surface area contributed by atoms with Crippen LogP contribution in [-0.4, -0.2) is 32.4 Å². The SMILES string of the molecule is COc1ccc(CCNC(=O)CSC(C)c2ccccc2Cl)cc1OC. The van der Waals surface area contributed by atoms with E-state index in [1.54, 1.807) is 26.0 Å². The van der Waals surface area contributed by atoms with E-state index in [4.69, 9.17) is 21.1 Å². The van der Waals surface area contributed by atoms with Crippen LogP contribution in [0.1, 0.15) is 23.3 Å². The fourth-order valence-corrected chi connectivity index (χ4v) is 3.78. The zero-order chi connectivity index (χ0) is 18.9. The van der Waals surface area contributed by atoms with E-state index in [9.17, 15) is 4.79 Å². The molecule has 1 atom stereocenters. The van der Waals surface area contributed by atoms with Crippen LogP contribution >= 0.6 is 23.4 Å². The number of ether oxygens (including phenoxy) is 2. The monoisotopic (exact) mass is 393 g/mol. The van der Waals surface area contributed by atoms with Crippen molar-refractivity contribution in [2.24, 2.45) is 0 Å². The molecule has 0 radical (unpaired) electrons. The molecule has 6 heteroatoms. The molecule has 1 unspecified atom stereocenters. The van der Waals surface area contributed by atoms with Crippen LogP contribution in [0.15, 0.2) is 42.5 Å². The first-order valence-electron chi connectivity index (χ1n) is 8.38. The van der Waals surface area contributed by atoms with Gasteiger partial charge in [-0.25, -0.2) is 0 Å². The Morgan fingerprint density at radius 1 is 1.15 bits per heavy atom. The van der Waals surface area contributed by atoms with Gasteiger partial charge >= 0.3 is 0 Å². The van der Waals surface area contributed by atoms with E-state index in [2.05, 4.69) is 12.2 Å². The van der Waals surface area contributed by atoms with Crippen LogP contribution in [0, 0.1) is 0 Å². The van der Waals surface area contributed by atoms with Crippen molar-refractivity contribution in [1.82, 2.24) is 5.32 Å². The summed E-state index contributed by atoms with van der Waals surface area (Å²) in [5.74, 6) is 1.82. The maximum atomic E-state index is 12.1. The van der Waals surface area contributed by atoms with Gasteiger partial charge in [0.15, 0.2) is 11.5 Å². The number of carbonyl (C=O) groups is 1. The number of benzene rings is 2. The largest absolute Gasteiger partial charge is 0.493 e. The van der Waals surface area contributed by atoms with E-state index in [0.717, 1.165) is 22.6 Å². The molecular weight excluding hydrogens is 370 g/mol. The lowest BCUT2D eigenvalue weighted by Gasteiger charge is -2.13. The van der Waals surface area contributed by atoms with Crippen molar-refractivity contribution in [1.29, 1.82) is 0 Å². The summed E-state index contributed by atoms with van der Waals surface area (Å²) in [6.07, 6.45) is 0.733. The van der Waals surface area contributed by atoms with E-state index in [1.807, 2.05) is 42.5 Å². The number of nitrogens with one attached hydrogen (secondary N) is 1. The summed E-state index contributed by atoms with van der Waals surface area (Å²) < 4.78 is 10.5. The van der Waals surface area contributed by atoms with Gasteiger partial charge in [0.25, 0.3) is 0 Å². The Morgan fingerprint density at radius 3 is 2.58 bits per heavy atom. The van der Waals surface area contributed by atoms with Gasteiger partial charge in [-0.3, -0.25) is 4.79 Å². The lowest BCUT2D eigenvalue weighted by atomic mass is 10.1. The standard InChI is InChI=1S/C20H24ClNO3S/c1-14(16-6-4-5-7-17(16)21)26-13-20(23)22-11-10-15-8-9-18(24-2)19(12-15)25-3/h4-9,12,14H,10-11,13H2,1-3H3,(H,22,23). The van der Waals surface area contributed by atoms with Gasteiger partial charge in [-0.1, -0.05) is 35.9 Å². The number of carbonyl (C=O) groups excluding carboxylic acids is 1. The highest BCUT2D eigenvalue weighted by Crippen LogP contribution is 2.32. The molecule has 0 heterocycles.